The van der Waals surface area contributed by atoms with Crippen molar-refractivity contribution in [2.75, 3.05) is 0 Å². The van der Waals surface area contributed by atoms with E-state index in [0.29, 0.717) is 12.2 Å². The second-order valence-corrected chi connectivity index (χ2v) is 3.92. The Morgan fingerprint density at radius 1 is 1.35 bits per heavy atom. The van der Waals surface area contributed by atoms with Crippen molar-refractivity contribution in [1.82, 2.24) is 5.16 Å². The Kier molecular flexibility index (Phi) is 3.23. The summed E-state index contributed by atoms with van der Waals surface area (Å²) in [6.07, 6.45) is 2.04. The minimum Gasteiger partial charge on any atom is -0.481 e. The molecule has 2 aromatic rings. The molecule has 4 heteroatoms. The summed E-state index contributed by atoms with van der Waals surface area (Å²) in [6, 6.07) is 7.96. The van der Waals surface area contributed by atoms with Crippen LogP contribution in [0, 0.1) is 6.92 Å². The highest BCUT2D eigenvalue weighted by atomic mass is 16.5. The predicted molar refractivity (Wildman–Crippen MR) is 62.6 cm³/mol. The third kappa shape index (κ3) is 2.72. The summed E-state index contributed by atoms with van der Waals surface area (Å²) in [4.78, 5) is 10.5. The average Bonchev–Trinajstić information content (AvgIpc) is 2.75. The lowest BCUT2D eigenvalue weighted by molar-refractivity contribution is -0.137. The maximum absolute atomic E-state index is 10.5. The van der Waals surface area contributed by atoms with Crippen LogP contribution in [-0.4, -0.2) is 16.2 Å². The van der Waals surface area contributed by atoms with Gasteiger partial charge in [0.1, 0.15) is 5.76 Å². The van der Waals surface area contributed by atoms with Crippen molar-refractivity contribution < 1.29 is 14.4 Å². The Balaban J connectivity index is 2.24. The Labute approximate surface area is 98.9 Å². The van der Waals surface area contributed by atoms with Crippen molar-refractivity contribution in [3.05, 3.63) is 41.8 Å². The molecule has 0 atom stereocenters. The van der Waals surface area contributed by atoms with Gasteiger partial charge in [-0.15, -0.1) is 0 Å². The van der Waals surface area contributed by atoms with E-state index in [2.05, 4.69) is 5.16 Å². The van der Waals surface area contributed by atoms with Gasteiger partial charge in [-0.1, -0.05) is 35.0 Å². The number of carboxylic acids is 1. The number of hydrogen-bond donors (Lipinski definition) is 1. The molecule has 0 aliphatic carbocycles. The van der Waals surface area contributed by atoms with Gasteiger partial charge in [0.15, 0.2) is 0 Å². The van der Waals surface area contributed by atoms with Crippen molar-refractivity contribution >= 4 is 5.97 Å². The van der Waals surface area contributed by atoms with Crippen LogP contribution < -0.4 is 0 Å². The number of hydrogen-bond acceptors (Lipinski definition) is 3. The molecular weight excluding hydrogens is 218 g/mol. The molecule has 0 radical (unpaired) electrons. The third-order valence-electron chi connectivity index (χ3n) is 2.57. The summed E-state index contributed by atoms with van der Waals surface area (Å²) < 4.78 is 5.09. The van der Waals surface area contributed by atoms with E-state index in [0.717, 1.165) is 11.1 Å². The first-order valence-electron chi connectivity index (χ1n) is 5.39. The maximum Gasteiger partial charge on any atom is 0.303 e. The molecule has 0 aliphatic heterocycles. The van der Waals surface area contributed by atoms with Gasteiger partial charge in [-0.25, -0.2) is 0 Å². The van der Waals surface area contributed by atoms with Crippen LogP contribution in [0.15, 0.2) is 35.0 Å². The van der Waals surface area contributed by atoms with E-state index in [1.165, 1.54) is 5.56 Å². The molecule has 1 aromatic carbocycles. The molecule has 0 aliphatic rings. The Morgan fingerprint density at radius 2 is 2.06 bits per heavy atom. The zero-order valence-electron chi connectivity index (χ0n) is 9.51. The number of carbonyl (C=O) groups is 1. The number of rotatable bonds is 4. The van der Waals surface area contributed by atoms with Gasteiger partial charge in [0, 0.05) is 12.0 Å². The van der Waals surface area contributed by atoms with E-state index in [9.17, 15) is 4.79 Å². The topological polar surface area (TPSA) is 63.3 Å². The lowest BCUT2D eigenvalue weighted by Gasteiger charge is -2.00. The fraction of sp³-hybridized carbons (Fsp3) is 0.231. The number of aryl methyl sites for hydroxylation is 2. The van der Waals surface area contributed by atoms with Crippen LogP contribution in [0.1, 0.15) is 17.7 Å². The summed E-state index contributed by atoms with van der Waals surface area (Å²) in [5, 5.41) is 12.4. The molecule has 1 aromatic heterocycles. The van der Waals surface area contributed by atoms with E-state index >= 15 is 0 Å². The molecule has 0 amide bonds. The largest absolute Gasteiger partial charge is 0.481 e. The molecule has 0 bridgehead atoms. The predicted octanol–water partition coefficient (Wildman–Crippen LogP) is 2.67. The number of nitrogens with zero attached hydrogens (tertiary/aromatic N) is 1. The minimum absolute atomic E-state index is 0.0497. The van der Waals surface area contributed by atoms with E-state index < -0.39 is 5.97 Å². The fourth-order valence-corrected chi connectivity index (χ4v) is 1.63. The van der Waals surface area contributed by atoms with Crippen molar-refractivity contribution in [1.29, 1.82) is 0 Å². The molecule has 0 unspecified atom stereocenters. The van der Waals surface area contributed by atoms with Crippen LogP contribution >= 0.6 is 0 Å². The summed E-state index contributed by atoms with van der Waals surface area (Å²) >= 11 is 0. The van der Waals surface area contributed by atoms with E-state index in [4.69, 9.17) is 9.63 Å². The molecule has 1 heterocycles. The highest BCUT2D eigenvalue weighted by Gasteiger charge is 2.11. The van der Waals surface area contributed by atoms with Crippen LogP contribution in [-0.2, 0) is 11.2 Å². The van der Waals surface area contributed by atoms with Gasteiger partial charge in [0.2, 0.25) is 0 Å². The van der Waals surface area contributed by atoms with Crippen molar-refractivity contribution in [3.63, 3.8) is 0 Å². The van der Waals surface area contributed by atoms with Gasteiger partial charge in [-0.3, -0.25) is 4.79 Å². The zero-order valence-corrected chi connectivity index (χ0v) is 9.51. The molecule has 0 saturated carbocycles. The normalized spacial score (nSPS) is 10.4. The van der Waals surface area contributed by atoms with E-state index in [-0.39, 0.29) is 6.42 Å². The van der Waals surface area contributed by atoms with Crippen LogP contribution in [0.5, 0.6) is 0 Å². The van der Waals surface area contributed by atoms with Crippen LogP contribution in [0.4, 0.5) is 0 Å². The summed E-state index contributed by atoms with van der Waals surface area (Å²) in [7, 11) is 0. The Hall–Kier alpha value is -2.10. The number of aromatic nitrogens is 1. The lowest BCUT2D eigenvalue weighted by atomic mass is 10.0. The highest BCUT2D eigenvalue weighted by molar-refractivity contribution is 5.69. The standard InChI is InChI=1S/C13H13NO3/c1-9-2-4-10(5-3-9)11-8-14-17-12(11)6-7-13(15)16/h2-5,8H,6-7H2,1H3,(H,15,16). The maximum atomic E-state index is 10.5. The van der Waals surface area contributed by atoms with Gasteiger partial charge < -0.3 is 9.63 Å². The Morgan fingerprint density at radius 3 is 2.71 bits per heavy atom. The van der Waals surface area contributed by atoms with E-state index in [1.54, 1.807) is 6.20 Å². The Bertz CT molecular complexity index is 514. The lowest BCUT2D eigenvalue weighted by Crippen LogP contribution is -1.97. The highest BCUT2D eigenvalue weighted by Crippen LogP contribution is 2.24. The van der Waals surface area contributed by atoms with Gasteiger partial charge in [0.05, 0.1) is 12.6 Å². The minimum atomic E-state index is -0.837. The third-order valence-corrected chi connectivity index (χ3v) is 2.57. The molecule has 1 N–H and O–H groups in total. The first-order chi connectivity index (χ1) is 8.16. The van der Waals surface area contributed by atoms with Crippen LogP contribution in [0.2, 0.25) is 0 Å². The van der Waals surface area contributed by atoms with Crippen molar-refractivity contribution in [3.8, 4) is 11.1 Å². The summed E-state index contributed by atoms with van der Waals surface area (Å²) in [5.41, 5.74) is 3.04. The molecule has 88 valence electrons. The molecule has 17 heavy (non-hydrogen) atoms. The van der Waals surface area contributed by atoms with E-state index in [1.807, 2.05) is 31.2 Å². The molecule has 2 rings (SSSR count). The van der Waals surface area contributed by atoms with Gasteiger partial charge in [0.25, 0.3) is 0 Å². The number of benzene rings is 1. The molecule has 0 spiro atoms. The first-order valence-corrected chi connectivity index (χ1v) is 5.39. The SMILES string of the molecule is Cc1ccc(-c2cnoc2CCC(=O)O)cc1. The molecular formula is C13H13NO3. The summed E-state index contributed by atoms with van der Waals surface area (Å²) in [5.74, 6) is -0.215. The van der Waals surface area contributed by atoms with Gasteiger partial charge in [-0.2, -0.15) is 0 Å². The zero-order chi connectivity index (χ0) is 12.3. The monoisotopic (exact) mass is 231 g/mol. The van der Waals surface area contributed by atoms with Gasteiger partial charge >= 0.3 is 5.97 Å². The molecule has 4 nitrogen and oxygen atoms in total. The van der Waals surface area contributed by atoms with Crippen LogP contribution in [0.25, 0.3) is 11.1 Å². The van der Waals surface area contributed by atoms with Crippen molar-refractivity contribution in [2.45, 2.75) is 19.8 Å². The quantitative estimate of drug-likeness (QED) is 0.878. The average molecular weight is 231 g/mol. The number of aliphatic carboxylic acids is 1. The smallest absolute Gasteiger partial charge is 0.303 e. The molecule has 0 saturated heterocycles. The number of carboxylic acid groups (broad SMARTS) is 1. The second-order valence-electron chi connectivity index (χ2n) is 3.92. The summed E-state index contributed by atoms with van der Waals surface area (Å²) in [6.45, 7) is 2.02. The first kappa shape index (κ1) is 11.4. The van der Waals surface area contributed by atoms with Crippen LogP contribution in [0.3, 0.4) is 0 Å². The van der Waals surface area contributed by atoms with Crippen molar-refractivity contribution in [2.24, 2.45) is 0 Å². The molecule has 0 fully saturated rings. The van der Waals surface area contributed by atoms with Gasteiger partial charge in [-0.05, 0) is 12.5 Å². The fourth-order valence-electron chi connectivity index (χ4n) is 1.63. The second kappa shape index (κ2) is 4.82.